The van der Waals surface area contributed by atoms with Crippen LogP contribution < -0.4 is 15.5 Å². The highest BCUT2D eigenvalue weighted by Crippen LogP contribution is 2.39. The first-order chi connectivity index (χ1) is 15.4. The van der Waals surface area contributed by atoms with Crippen LogP contribution >= 0.6 is 0 Å². The van der Waals surface area contributed by atoms with Crippen LogP contribution in [0.2, 0.25) is 0 Å². The molecule has 1 saturated carbocycles. The number of aliphatic hydroxyl groups excluding tert-OH is 1. The molecule has 3 amide bonds. The molecule has 1 aliphatic carbocycles. The quantitative estimate of drug-likeness (QED) is 0.672. The van der Waals surface area contributed by atoms with Gasteiger partial charge in [0.1, 0.15) is 18.2 Å². The molecule has 0 bridgehead atoms. The van der Waals surface area contributed by atoms with E-state index in [0.29, 0.717) is 5.56 Å². The number of carbonyl (C=O) groups excluding carboxylic acids is 3. The average molecular weight is 436 g/mol. The molecule has 0 radical (unpaired) electrons. The van der Waals surface area contributed by atoms with Crippen LogP contribution in [0.5, 0.6) is 0 Å². The van der Waals surface area contributed by atoms with E-state index in [0.717, 1.165) is 42.5 Å². The van der Waals surface area contributed by atoms with E-state index in [1.807, 2.05) is 48.5 Å². The SMILES string of the molecule is CC(NC(=O)C(O)C1CCCC1)C(=O)NC1C(=O)N(C)c2ccccc2-c2ccccc21. The Morgan fingerprint density at radius 1 is 1.00 bits per heavy atom. The highest BCUT2D eigenvalue weighted by Gasteiger charge is 2.35. The number of hydrogen-bond donors (Lipinski definition) is 3. The average Bonchev–Trinajstić information content (AvgIpc) is 3.33. The van der Waals surface area contributed by atoms with Gasteiger partial charge in [-0.15, -0.1) is 0 Å². The monoisotopic (exact) mass is 435 g/mol. The second-order valence-electron chi connectivity index (χ2n) is 8.66. The Morgan fingerprint density at radius 2 is 1.62 bits per heavy atom. The molecule has 7 heteroatoms. The summed E-state index contributed by atoms with van der Waals surface area (Å²) in [4.78, 5) is 40.3. The van der Waals surface area contributed by atoms with Gasteiger partial charge >= 0.3 is 0 Å². The van der Waals surface area contributed by atoms with E-state index in [2.05, 4.69) is 10.6 Å². The molecular weight excluding hydrogens is 406 g/mol. The van der Waals surface area contributed by atoms with Crippen LogP contribution in [0.3, 0.4) is 0 Å². The van der Waals surface area contributed by atoms with Gasteiger partial charge in [-0.3, -0.25) is 14.4 Å². The maximum Gasteiger partial charge on any atom is 0.253 e. The standard InChI is InChI=1S/C25H29N3O4/c1-15(26-24(31)22(29)16-9-3-4-10-16)23(30)27-21-19-13-6-5-11-17(19)18-12-7-8-14-20(18)28(2)25(21)32/h5-8,11-16,21-22,29H,3-4,9-10H2,1-2H3,(H,26,31)(H,27,30). The zero-order valence-electron chi connectivity index (χ0n) is 18.4. The summed E-state index contributed by atoms with van der Waals surface area (Å²) in [6, 6.07) is 13.3. The van der Waals surface area contributed by atoms with Crippen molar-refractivity contribution in [2.75, 3.05) is 11.9 Å². The molecule has 2 aromatic rings. The smallest absolute Gasteiger partial charge is 0.253 e. The van der Waals surface area contributed by atoms with Gasteiger partial charge in [0.05, 0.1) is 5.69 Å². The lowest BCUT2D eigenvalue weighted by atomic mass is 9.95. The summed E-state index contributed by atoms with van der Waals surface area (Å²) < 4.78 is 0. The molecule has 1 fully saturated rings. The fourth-order valence-corrected chi connectivity index (χ4v) is 4.69. The number of nitrogens with one attached hydrogen (secondary N) is 2. The van der Waals surface area contributed by atoms with E-state index < -0.39 is 30.0 Å². The Kier molecular flexibility index (Phi) is 6.28. The van der Waals surface area contributed by atoms with Gasteiger partial charge in [-0.05, 0) is 42.9 Å². The lowest BCUT2D eigenvalue weighted by Gasteiger charge is -2.25. The number of carbonyl (C=O) groups is 3. The van der Waals surface area contributed by atoms with Crippen LogP contribution in [0.25, 0.3) is 11.1 Å². The number of rotatable bonds is 5. The first-order valence-corrected chi connectivity index (χ1v) is 11.1. The van der Waals surface area contributed by atoms with Gasteiger partial charge in [0.15, 0.2) is 0 Å². The van der Waals surface area contributed by atoms with Crippen molar-refractivity contribution in [1.29, 1.82) is 0 Å². The lowest BCUT2D eigenvalue weighted by molar-refractivity contribution is -0.136. The molecule has 7 nitrogen and oxygen atoms in total. The number of anilines is 1. The predicted molar refractivity (Wildman–Crippen MR) is 122 cm³/mol. The third-order valence-corrected chi connectivity index (χ3v) is 6.56. The first kappa shape index (κ1) is 22.0. The molecule has 168 valence electrons. The molecule has 0 spiro atoms. The lowest BCUT2D eigenvalue weighted by Crippen LogP contribution is -2.51. The maximum absolute atomic E-state index is 13.3. The van der Waals surface area contributed by atoms with Crippen molar-refractivity contribution in [1.82, 2.24) is 10.6 Å². The molecular formula is C25H29N3O4. The van der Waals surface area contributed by atoms with Crippen LogP contribution in [-0.4, -0.2) is 42.0 Å². The van der Waals surface area contributed by atoms with Gasteiger partial charge in [0.2, 0.25) is 11.8 Å². The third kappa shape index (κ3) is 4.12. The molecule has 0 aromatic heterocycles. The minimum absolute atomic E-state index is 0.0623. The number of hydrogen-bond acceptors (Lipinski definition) is 4. The van der Waals surface area contributed by atoms with Crippen LogP contribution in [0, 0.1) is 5.92 Å². The summed E-state index contributed by atoms with van der Waals surface area (Å²) in [7, 11) is 1.69. The van der Waals surface area contributed by atoms with Crippen molar-refractivity contribution in [3.8, 4) is 11.1 Å². The highest BCUT2D eigenvalue weighted by atomic mass is 16.3. The number of fused-ring (bicyclic) bond motifs is 3. The Bertz CT molecular complexity index is 1030. The Balaban J connectivity index is 1.53. The van der Waals surface area contributed by atoms with Crippen LogP contribution in [0.15, 0.2) is 48.5 Å². The van der Waals surface area contributed by atoms with E-state index >= 15 is 0 Å². The molecule has 1 aliphatic heterocycles. The van der Waals surface area contributed by atoms with Gasteiger partial charge in [0, 0.05) is 12.6 Å². The zero-order chi connectivity index (χ0) is 22.8. The Labute approximate surface area is 187 Å². The van der Waals surface area contributed by atoms with Crippen molar-refractivity contribution in [3.05, 3.63) is 54.1 Å². The Hall–Kier alpha value is -3.19. The van der Waals surface area contributed by atoms with E-state index in [-0.39, 0.29) is 11.8 Å². The molecule has 2 aliphatic rings. The fraction of sp³-hybridized carbons (Fsp3) is 0.400. The largest absolute Gasteiger partial charge is 0.383 e. The van der Waals surface area contributed by atoms with Gasteiger partial charge < -0.3 is 20.6 Å². The van der Waals surface area contributed by atoms with Crippen molar-refractivity contribution < 1.29 is 19.5 Å². The number of nitrogens with zero attached hydrogens (tertiary/aromatic N) is 1. The molecule has 4 rings (SSSR count). The number of benzene rings is 2. The van der Waals surface area contributed by atoms with Crippen molar-refractivity contribution in [2.24, 2.45) is 5.92 Å². The van der Waals surface area contributed by atoms with Gasteiger partial charge in [-0.1, -0.05) is 55.3 Å². The molecule has 3 N–H and O–H groups in total. The van der Waals surface area contributed by atoms with Gasteiger partial charge in [-0.2, -0.15) is 0 Å². The Morgan fingerprint density at radius 3 is 2.34 bits per heavy atom. The third-order valence-electron chi connectivity index (χ3n) is 6.56. The summed E-state index contributed by atoms with van der Waals surface area (Å²) >= 11 is 0. The van der Waals surface area contributed by atoms with E-state index in [1.165, 1.54) is 0 Å². The topological polar surface area (TPSA) is 98.7 Å². The summed E-state index contributed by atoms with van der Waals surface area (Å²) in [6.45, 7) is 1.56. The van der Waals surface area contributed by atoms with Crippen LogP contribution in [0.4, 0.5) is 5.69 Å². The summed E-state index contributed by atoms with van der Waals surface area (Å²) in [5, 5.41) is 15.7. The molecule has 1 heterocycles. The fourth-order valence-electron chi connectivity index (χ4n) is 4.69. The number of amides is 3. The summed E-state index contributed by atoms with van der Waals surface area (Å²) in [5.74, 6) is -1.35. The number of para-hydroxylation sites is 1. The number of likely N-dealkylation sites (N-methyl/N-ethyl adjacent to an activating group) is 1. The van der Waals surface area contributed by atoms with Gasteiger partial charge in [0.25, 0.3) is 5.91 Å². The second kappa shape index (κ2) is 9.12. The second-order valence-corrected chi connectivity index (χ2v) is 8.66. The predicted octanol–water partition coefficient (Wildman–Crippen LogP) is 2.54. The maximum atomic E-state index is 13.3. The van der Waals surface area contributed by atoms with Gasteiger partial charge in [-0.25, -0.2) is 0 Å². The molecule has 32 heavy (non-hydrogen) atoms. The van der Waals surface area contributed by atoms with E-state index in [1.54, 1.807) is 18.9 Å². The zero-order valence-corrected chi connectivity index (χ0v) is 18.4. The normalized spacial score (nSPS) is 20.0. The number of aliphatic hydroxyl groups is 1. The summed E-state index contributed by atoms with van der Waals surface area (Å²) in [6.07, 6.45) is 2.52. The summed E-state index contributed by atoms with van der Waals surface area (Å²) in [5.41, 5.74) is 3.26. The van der Waals surface area contributed by atoms with Crippen molar-refractivity contribution in [2.45, 2.75) is 50.8 Å². The molecule has 3 atom stereocenters. The first-order valence-electron chi connectivity index (χ1n) is 11.1. The molecule has 3 unspecified atom stereocenters. The highest BCUT2D eigenvalue weighted by molar-refractivity contribution is 6.06. The minimum Gasteiger partial charge on any atom is -0.383 e. The van der Waals surface area contributed by atoms with Crippen LogP contribution in [0.1, 0.15) is 44.2 Å². The molecule has 0 saturated heterocycles. The van der Waals surface area contributed by atoms with Crippen molar-refractivity contribution in [3.63, 3.8) is 0 Å². The van der Waals surface area contributed by atoms with Crippen molar-refractivity contribution >= 4 is 23.4 Å². The van der Waals surface area contributed by atoms with E-state index in [9.17, 15) is 19.5 Å². The van der Waals surface area contributed by atoms with Crippen LogP contribution in [-0.2, 0) is 14.4 Å². The van der Waals surface area contributed by atoms with E-state index in [4.69, 9.17) is 0 Å². The minimum atomic E-state index is -1.12. The molecule has 2 aromatic carbocycles.